The van der Waals surface area contributed by atoms with E-state index in [4.69, 9.17) is 29.4 Å². The highest BCUT2D eigenvalue weighted by molar-refractivity contribution is 6.10. The van der Waals surface area contributed by atoms with Crippen molar-refractivity contribution in [2.45, 2.75) is 0 Å². The summed E-state index contributed by atoms with van der Waals surface area (Å²) in [5.41, 5.74) is 6.79. The Morgan fingerprint density at radius 2 is 0.885 bits per heavy atom. The fraction of sp³-hybridized carbons (Fsp3) is 0. The predicted octanol–water partition coefficient (Wildman–Crippen LogP) is 12.7. The van der Waals surface area contributed by atoms with Crippen molar-refractivity contribution in [3.05, 3.63) is 201 Å². The Labute approximate surface area is 349 Å². The van der Waals surface area contributed by atoms with E-state index >= 15 is 0 Å². The van der Waals surface area contributed by atoms with Gasteiger partial charge in [-0.1, -0.05) is 66.7 Å². The molecule has 0 radical (unpaired) electrons. The minimum absolute atomic E-state index is 0.534. The molecule has 9 nitrogen and oxygen atoms in total. The second-order valence-corrected chi connectivity index (χ2v) is 14.8. The molecule has 61 heavy (non-hydrogen) atoms. The van der Waals surface area contributed by atoms with Crippen molar-refractivity contribution < 1.29 is 9.47 Å². The van der Waals surface area contributed by atoms with Crippen LogP contribution in [0.3, 0.4) is 0 Å². The molecule has 9 heteroatoms. The Kier molecular flexibility index (Phi) is 7.95. The molecule has 12 rings (SSSR count). The van der Waals surface area contributed by atoms with Gasteiger partial charge in [-0.15, -0.1) is 0 Å². The van der Waals surface area contributed by atoms with Crippen molar-refractivity contribution >= 4 is 54.5 Å². The van der Waals surface area contributed by atoms with E-state index in [1.807, 2.05) is 110 Å². The molecular formula is C52H33N7O2. The highest BCUT2D eigenvalue weighted by Gasteiger charge is 2.17. The van der Waals surface area contributed by atoms with Gasteiger partial charge < -0.3 is 14.0 Å². The molecule has 0 saturated heterocycles. The zero-order chi connectivity index (χ0) is 40.3. The quantitative estimate of drug-likeness (QED) is 0.152. The first kappa shape index (κ1) is 34.5. The minimum Gasteiger partial charge on any atom is -0.457 e. The van der Waals surface area contributed by atoms with E-state index in [0.717, 1.165) is 77.4 Å². The summed E-state index contributed by atoms with van der Waals surface area (Å²) >= 11 is 0. The molecule has 288 valence electrons. The molecule has 0 saturated carbocycles. The van der Waals surface area contributed by atoms with Gasteiger partial charge in [-0.3, -0.25) is 9.13 Å². The summed E-state index contributed by atoms with van der Waals surface area (Å²) in [5, 5.41) is 5.64. The summed E-state index contributed by atoms with van der Waals surface area (Å²) in [6.07, 6.45) is 9.36. The standard InChI is InChI=1S/C52H33N7O2/c1-4-14-45-34(11-1)23-26-57(45)36-32-55-52(56-33-36)35-27-39(60-37-19-21-43-41-12-2-5-15-46(41)58(48(43)30-37)50-17-7-9-24-53-50)29-40(28-35)61-38-20-22-44-42-13-3-6-16-47(42)59(49(44)31-38)51-18-8-10-25-54-51/h1-33H. The number of rotatable bonds is 8. The van der Waals surface area contributed by atoms with Crippen LogP contribution in [0.25, 0.3) is 83.2 Å². The highest BCUT2D eigenvalue weighted by atomic mass is 16.5. The van der Waals surface area contributed by atoms with Gasteiger partial charge in [-0.2, -0.15) is 0 Å². The van der Waals surface area contributed by atoms with Gasteiger partial charge in [0.25, 0.3) is 0 Å². The smallest absolute Gasteiger partial charge is 0.159 e. The third-order valence-electron chi connectivity index (χ3n) is 11.2. The molecule has 0 fully saturated rings. The topological polar surface area (TPSA) is 84.8 Å². The van der Waals surface area contributed by atoms with Gasteiger partial charge in [0.2, 0.25) is 0 Å². The summed E-state index contributed by atoms with van der Waals surface area (Å²) in [5.74, 6) is 4.65. The second kappa shape index (κ2) is 14.1. The van der Waals surface area contributed by atoms with Gasteiger partial charge in [0, 0.05) is 63.9 Å². The molecule has 0 atom stereocenters. The van der Waals surface area contributed by atoms with Crippen molar-refractivity contribution in [1.82, 2.24) is 33.6 Å². The minimum atomic E-state index is 0.534. The average molecular weight is 788 g/mol. The number of pyridine rings is 2. The van der Waals surface area contributed by atoms with Crippen LogP contribution in [0.2, 0.25) is 0 Å². The number of hydrogen-bond acceptors (Lipinski definition) is 6. The maximum Gasteiger partial charge on any atom is 0.159 e. The Morgan fingerprint density at radius 3 is 1.44 bits per heavy atom. The molecule has 12 aromatic rings. The fourth-order valence-corrected chi connectivity index (χ4v) is 8.49. The Hall–Kier alpha value is -8.56. The summed E-state index contributed by atoms with van der Waals surface area (Å²) in [6.45, 7) is 0. The third-order valence-corrected chi connectivity index (χ3v) is 11.2. The largest absolute Gasteiger partial charge is 0.457 e. The van der Waals surface area contributed by atoms with Crippen molar-refractivity contribution in [2.24, 2.45) is 0 Å². The first-order valence-corrected chi connectivity index (χ1v) is 20.0. The molecule has 0 amide bonds. The predicted molar refractivity (Wildman–Crippen MR) is 242 cm³/mol. The zero-order valence-electron chi connectivity index (χ0n) is 32.5. The lowest BCUT2D eigenvalue weighted by atomic mass is 10.1. The van der Waals surface area contributed by atoms with E-state index in [9.17, 15) is 0 Å². The van der Waals surface area contributed by atoms with Crippen LogP contribution in [-0.4, -0.2) is 33.6 Å². The van der Waals surface area contributed by atoms with Gasteiger partial charge in [-0.05, 0) is 90.3 Å². The van der Waals surface area contributed by atoms with Crippen molar-refractivity contribution in [2.75, 3.05) is 0 Å². The number of ether oxygens (including phenoxy) is 2. The van der Waals surface area contributed by atoms with E-state index in [-0.39, 0.29) is 0 Å². The average Bonchev–Trinajstić information content (AvgIpc) is 3.99. The van der Waals surface area contributed by atoms with E-state index in [0.29, 0.717) is 28.8 Å². The molecule has 6 heterocycles. The highest BCUT2D eigenvalue weighted by Crippen LogP contribution is 2.39. The third kappa shape index (κ3) is 5.94. The number of fused-ring (bicyclic) bond motifs is 7. The van der Waals surface area contributed by atoms with Crippen LogP contribution < -0.4 is 9.47 Å². The number of para-hydroxylation sites is 3. The lowest BCUT2D eigenvalue weighted by Crippen LogP contribution is -1.98. The van der Waals surface area contributed by atoms with Crippen LogP contribution >= 0.6 is 0 Å². The van der Waals surface area contributed by atoms with Gasteiger partial charge in [0.05, 0.1) is 45.7 Å². The molecule has 6 aromatic carbocycles. The van der Waals surface area contributed by atoms with Crippen molar-refractivity contribution in [3.63, 3.8) is 0 Å². The van der Waals surface area contributed by atoms with E-state index in [1.54, 1.807) is 0 Å². The molecule has 0 aliphatic heterocycles. The molecule has 0 aliphatic carbocycles. The molecule has 0 bridgehead atoms. The van der Waals surface area contributed by atoms with Crippen LogP contribution in [-0.2, 0) is 0 Å². The maximum absolute atomic E-state index is 6.75. The van der Waals surface area contributed by atoms with Crippen molar-refractivity contribution in [3.8, 4) is 51.7 Å². The van der Waals surface area contributed by atoms with E-state index in [2.05, 4.69) is 105 Å². The van der Waals surface area contributed by atoms with Gasteiger partial charge >= 0.3 is 0 Å². The number of hydrogen-bond donors (Lipinski definition) is 0. The van der Waals surface area contributed by atoms with Crippen LogP contribution in [0.15, 0.2) is 201 Å². The van der Waals surface area contributed by atoms with Gasteiger partial charge in [0.15, 0.2) is 5.82 Å². The normalized spacial score (nSPS) is 11.6. The summed E-state index contributed by atoms with van der Waals surface area (Å²) in [6, 6.07) is 57.2. The Balaban J connectivity index is 0.967. The molecule has 0 spiro atoms. The molecule has 0 aliphatic rings. The van der Waals surface area contributed by atoms with Gasteiger partial charge in [-0.25, -0.2) is 19.9 Å². The number of benzene rings is 6. The van der Waals surface area contributed by atoms with Crippen LogP contribution in [0.1, 0.15) is 0 Å². The van der Waals surface area contributed by atoms with Crippen molar-refractivity contribution in [1.29, 1.82) is 0 Å². The van der Waals surface area contributed by atoms with Crippen LogP contribution in [0.4, 0.5) is 0 Å². The maximum atomic E-state index is 6.75. The lowest BCUT2D eigenvalue weighted by Gasteiger charge is -2.13. The van der Waals surface area contributed by atoms with Crippen LogP contribution in [0, 0.1) is 0 Å². The molecule has 6 aromatic heterocycles. The number of nitrogens with zero attached hydrogens (tertiary/aromatic N) is 7. The van der Waals surface area contributed by atoms with E-state index < -0.39 is 0 Å². The second-order valence-electron chi connectivity index (χ2n) is 14.8. The van der Waals surface area contributed by atoms with Crippen LogP contribution in [0.5, 0.6) is 23.0 Å². The Bertz CT molecular complexity index is 3420. The summed E-state index contributed by atoms with van der Waals surface area (Å²) in [4.78, 5) is 19.1. The zero-order valence-corrected chi connectivity index (χ0v) is 32.5. The first-order chi connectivity index (χ1) is 30.2. The lowest BCUT2D eigenvalue weighted by molar-refractivity contribution is 0.461. The Morgan fingerprint density at radius 1 is 0.377 bits per heavy atom. The molecular weight excluding hydrogens is 755 g/mol. The monoisotopic (exact) mass is 787 g/mol. The molecule has 0 N–H and O–H groups in total. The van der Waals surface area contributed by atoms with E-state index in [1.165, 1.54) is 0 Å². The number of aromatic nitrogens is 7. The first-order valence-electron chi connectivity index (χ1n) is 20.0. The molecule has 0 unspecified atom stereocenters. The van der Waals surface area contributed by atoms with Gasteiger partial charge in [0.1, 0.15) is 34.6 Å². The summed E-state index contributed by atoms with van der Waals surface area (Å²) in [7, 11) is 0. The SMILES string of the molecule is c1ccc(-n2c3ccccc3c3ccc(Oc4cc(Oc5ccc6c7ccccc7n(-c7ccccn7)c6c5)cc(-c5ncc(-n6ccc7ccccc76)cn5)c4)cc32)nc1. The fourth-order valence-electron chi connectivity index (χ4n) is 8.49. The summed E-state index contributed by atoms with van der Waals surface area (Å²) < 4.78 is 19.9.